The van der Waals surface area contributed by atoms with Crippen LogP contribution in [0, 0.1) is 5.82 Å². The molecule has 0 spiro atoms. The first kappa shape index (κ1) is 19.8. The maximum absolute atomic E-state index is 13.7. The Balaban J connectivity index is 1.53. The van der Waals surface area contributed by atoms with Gasteiger partial charge in [-0.1, -0.05) is 48.0 Å². The highest BCUT2D eigenvalue weighted by atomic mass is 35.5. The SMILES string of the molecule is O=C(CCNc1nc(-c2ccccc2Cl)nc2ccccc12)Nc1ccccc1F. The van der Waals surface area contributed by atoms with Crippen LogP contribution in [0.25, 0.3) is 22.3 Å². The van der Waals surface area contributed by atoms with Crippen molar-refractivity contribution in [3.8, 4) is 11.4 Å². The minimum Gasteiger partial charge on any atom is -0.369 e. The van der Waals surface area contributed by atoms with E-state index in [9.17, 15) is 9.18 Å². The summed E-state index contributed by atoms with van der Waals surface area (Å²) >= 11 is 6.31. The van der Waals surface area contributed by atoms with Crippen LogP contribution in [0.1, 0.15) is 6.42 Å². The minimum absolute atomic E-state index is 0.147. The number of carbonyl (C=O) groups excluding carboxylic acids is 1. The maximum Gasteiger partial charge on any atom is 0.226 e. The lowest BCUT2D eigenvalue weighted by atomic mass is 10.2. The molecule has 0 fully saturated rings. The van der Waals surface area contributed by atoms with Crippen molar-refractivity contribution in [1.82, 2.24) is 9.97 Å². The molecule has 5 nitrogen and oxygen atoms in total. The number of para-hydroxylation sites is 2. The number of hydrogen-bond donors (Lipinski definition) is 2. The first-order chi connectivity index (χ1) is 14.6. The molecule has 1 amide bonds. The lowest BCUT2D eigenvalue weighted by Crippen LogP contribution is -2.17. The number of aromatic nitrogens is 2. The van der Waals surface area contributed by atoms with Gasteiger partial charge < -0.3 is 10.6 Å². The van der Waals surface area contributed by atoms with Gasteiger partial charge in [-0.15, -0.1) is 0 Å². The second-order valence-corrected chi connectivity index (χ2v) is 7.00. The lowest BCUT2D eigenvalue weighted by Gasteiger charge is -2.12. The molecule has 4 rings (SSSR count). The summed E-state index contributed by atoms with van der Waals surface area (Å²) < 4.78 is 13.7. The van der Waals surface area contributed by atoms with Gasteiger partial charge in [-0.25, -0.2) is 14.4 Å². The summed E-state index contributed by atoms with van der Waals surface area (Å²) in [6.07, 6.45) is 0.147. The third-order valence-electron chi connectivity index (χ3n) is 4.51. The Morgan fingerprint density at radius 1 is 0.933 bits per heavy atom. The molecule has 4 aromatic rings. The molecule has 0 bridgehead atoms. The van der Waals surface area contributed by atoms with Gasteiger partial charge in [-0.3, -0.25) is 4.79 Å². The van der Waals surface area contributed by atoms with Gasteiger partial charge in [-0.2, -0.15) is 0 Å². The third-order valence-corrected chi connectivity index (χ3v) is 4.84. The van der Waals surface area contributed by atoms with E-state index >= 15 is 0 Å². The summed E-state index contributed by atoms with van der Waals surface area (Å²) in [6, 6.07) is 21.0. The van der Waals surface area contributed by atoms with Crippen LogP contribution in [0.4, 0.5) is 15.9 Å². The molecule has 7 heteroatoms. The average Bonchev–Trinajstić information content (AvgIpc) is 2.75. The number of nitrogens with zero attached hydrogens (tertiary/aromatic N) is 2. The van der Waals surface area contributed by atoms with Crippen LogP contribution in [0.15, 0.2) is 72.8 Å². The lowest BCUT2D eigenvalue weighted by molar-refractivity contribution is -0.116. The smallest absolute Gasteiger partial charge is 0.226 e. The fraction of sp³-hybridized carbons (Fsp3) is 0.0870. The van der Waals surface area contributed by atoms with Gasteiger partial charge in [0.15, 0.2) is 5.82 Å². The zero-order valence-corrected chi connectivity index (χ0v) is 16.7. The molecule has 0 atom stereocenters. The monoisotopic (exact) mass is 420 g/mol. The zero-order chi connectivity index (χ0) is 20.9. The number of fused-ring (bicyclic) bond motifs is 1. The molecular weight excluding hydrogens is 403 g/mol. The Hall–Kier alpha value is -3.51. The van der Waals surface area contributed by atoms with E-state index < -0.39 is 5.82 Å². The van der Waals surface area contributed by atoms with Crippen molar-refractivity contribution < 1.29 is 9.18 Å². The molecular formula is C23H18ClFN4O. The van der Waals surface area contributed by atoms with Crippen molar-refractivity contribution in [3.63, 3.8) is 0 Å². The Bertz CT molecular complexity index is 1210. The molecule has 0 aliphatic carbocycles. The zero-order valence-electron chi connectivity index (χ0n) is 15.9. The largest absolute Gasteiger partial charge is 0.369 e. The van der Waals surface area contributed by atoms with Crippen LogP contribution in [0.3, 0.4) is 0 Å². The first-order valence-electron chi connectivity index (χ1n) is 9.42. The van der Waals surface area contributed by atoms with E-state index in [0.29, 0.717) is 23.2 Å². The summed E-state index contributed by atoms with van der Waals surface area (Å²) in [5, 5.41) is 7.17. The molecule has 30 heavy (non-hydrogen) atoms. The van der Waals surface area contributed by atoms with E-state index in [1.165, 1.54) is 12.1 Å². The molecule has 1 heterocycles. The molecule has 0 saturated heterocycles. The highest BCUT2D eigenvalue weighted by Crippen LogP contribution is 2.29. The van der Waals surface area contributed by atoms with Crippen molar-refractivity contribution in [1.29, 1.82) is 0 Å². The van der Waals surface area contributed by atoms with E-state index in [2.05, 4.69) is 20.6 Å². The summed E-state index contributed by atoms with van der Waals surface area (Å²) in [6.45, 7) is 0.323. The topological polar surface area (TPSA) is 66.9 Å². The van der Waals surface area contributed by atoms with E-state index in [1.807, 2.05) is 42.5 Å². The predicted octanol–water partition coefficient (Wildman–Crippen LogP) is 5.53. The summed E-state index contributed by atoms with van der Waals surface area (Å²) in [7, 11) is 0. The quantitative estimate of drug-likeness (QED) is 0.430. The number of carbonyl (C=O) groups is 1. The van der Waals surface area contributed by atoms with Crippen molar-refractivity contribution in [2.75, 3.05) is 17.2 Å². The molecule has 0 aliphatic heterocycles. The Labute approximate surface area is 177 Å². The third kappa shape index (κ3) is 4.39. The first-order valence-corrected chi connectivity index (χ1v) is 9.79. The Morgan fingerprint density at radius 3 is 2.50 bits per heavy atom. The van der Waals surface area contributed by atoms with E-state index in [0.717, 1.165) is 16.5 Å². The van der Waals surface area contributed by atoms with E-state index in [4.69, 9.17) is 11.6 Å². The molecule has 0 aliphatic rings. The molecule has 3 aromatic carbocycles. The normalized spacial score (nSPS) is 10.7. The molecule has 2 N–H and O–H groups in total. The number of anilines is 2. The predicted molar refractivity (Wildman–Crippen MR) is 118 cm³/mol. The van der Waals surface area contributed by atoms with Crippen molar-refractivity contribution >= 4 is 39.9 Å². The number of benzene rings is 3. The highest BCUT2D eigenvalue weighted by Gasteiger charge is 2.12. The fourth-order valence-corrected chi connectivity index (χ4v) is 3.26. The highest BCUT2D eigenvalue weighted by molar-refractivity contribution is 6.33. The molecule has 0 saturated carbocycles. The van der Waals surface area contributed by atoms with Gasteiger partial charge in [0.1, 0.15) is 11.6 Å². The number of amides is 1. The standard InChI is InChI=1S/C23H18ClFN4O/c24-17-9-3-1-7-15(17)23-28-19-11-5-2-8-16(19)22(29-23)26-14-13-21(30)27-20-12-6-4-10-18(20)25/h1-12H,13-14H2,(H,27,30)(H,26,28,29). The maximum atomic E-state index is 13.7. The Morgan fingerprint density at radius 2 is 1.67 bits per heavy atom. The van der Waals surface area contributed by atoms with Gasteiger partial charge in [0, 0.05) is 23.9 Å². The van der Waals surface area contributed by atoms with Crippen molar-refractivity contribution in [3.05, 3.63) is 83.6 Å². The fourth-order valence-electron chi connectivity index (χ4n) is 3.04. The van der Waals surface area contributed by atoms with Crippen LogP contribution < -0.4 is 10.6 Å². The number of nitrogens with one attached hydrogen (secondary N) is 2. The van der Waals surface area contributed by atoms with E-state index in [-0.39, 0.29) is 18.0 Å². The van der Waals surface area contributed by atoms with Crippen LogP contribution in [-0.2, 0) is 4.79 Å². The van der Waals surface area contributed by atoms with Gasteiger partial charge in [0.2, 0.25) is 5.91 Å². The van der Waals surface area contributed by atoms with Crippen LogP contribution in [0.5, 0.6) is 0 Å². The second-order valence-electron chi connectivity index (χ2n) is 6.60. The number of rotatable bonds is 6. The van der Waals surface area contributed by atoms with Crippen LogP contribution in [-0.4, -0.2) is 22.4 Å². The van der Waals surface area contributed by atoms with E-state index in [1.54, 1.807) is 18.2 Å². The van der Waals surface area contributed by atoms with Crippen LogP contribution >= 0.6 is 11.6 Å². The van der Waals surface area contributed by atoms with Crippen molar-refractivity contribution in [2.45, 2.75) is 6.42 Å². The van der Waals surface area contributed by atoms with Crippen molar-refractivity contribution in [2.24, 2.45) is 0 Å². The molecule has 150 valence electrons. The average molecular weight is 421 g/mol. The van der Waals surface area contributed by atoms with Gasteiger partial charge >= 0.3 is 0 Å². The summed E-state index contributed by atoms with van der Waals surface area (Å²) in [5.41, 5.74) is 1.65. The summed E-state index contributed by atoms with van der Waals surface area (Å²) in [5.74, 6) is 0.342. The summed E-state index contributed by atoms with van der Waals surface area (Å²) in [4.78, 5) is 21.4. The minimum atomic E-state index is -0.468. The van der Waals surface area contributed by atoms with Gasteiger partial charge in [-0.05, 0) is 36.4 Å². The Kier molecular flexibility index (Phi) is 5.86. The molecule has 0 radical (unpaired) electrons. The van der Waals surface area contributed by atoms with Crippen LogP contribution in [0.2, 0.25) is 5.02 Å². The second kappa shape index (κ2) is 8.88. The number of halogens is 2. The number of hydrogen-bond acceptors (Lipinski definition) is 4. The van der Waals surface area contributed by atoms with Gasteiger partial charge in [0.05, 0.1) is 16.2 Å². The molecule has 1 aromatic heterocycles. The van der Waals surface area contributed by atoms with Gasteiger partial charge in [0.25, 0.3) is 0 Å². The molecule has 0 unspecified atom stereocenters.